The van der Waals surface area contributed by atoms with Crippen LogP contribution in [0.5, 0.6) is 11.5 Å². The van der Waals surface area contributed by atoms with Crippen LogP contribution in [0, 0.1) is 0 Å². The van der Waals surface area contributed by atoms with Gasteiger partial charge in [-0.1, -0.05) is 23.3 Å². The predicted octanol–water partition coefficient (Wildman–Crippen LogP) is 4.27. The van der Waals surface area contributed by atoms with Gasteiger partial charge in [0, 0.05) is 22.7 Å². The topological polar surface area (TPSA) is 102 Å². The van der Waals surface area contributed by atoms with Crippen molar-refractivity contribution in [1.29, 1.82) is 0 Å². The molecule has 8 heteroatoms. The highest BCUT2D eigenvalue weighted by atomic mass is 16.5. The summed E-state index contributed by atoms with van der Waals surface area (Å²) >= 11 is 0. The van der Waals surface area contributed by atoms with E-state index in [1.807, 2.05) is 38.1 Å². The fraction of sp³-hybridized carbons (Fsp3) is 0.190. The van der Waals surface area contributed by atoms with E-state index in [2.05, 4.69) is 20.5 Å². The Morgan fingerprint density at radius 1 is 1.07 bits per heavy atom. The minimum absolute atomic E-state index is 0.0159. The van der Waals surface area contributed by atoms with Crippen LogP contribution in [0.1, 0.15) is 24.2 Å². The van der Waals surface area contributed by atoms with E-state index in [0.29, 0.717) is 35.8 Å². The average molecular weight is 392 g/mol. The summed E-state index contributed by atoms with van der Waals surface area (Å²) in [4.78, 5) is 15.7. The first-order valence-electron chi connectivity index (χ1n) is 9.30. The number of hydrogen-bond acceptors (Lipinski definition) is 6. The number of ether oxygens (including phenoxy) is 2. The number of anilines is 1. The molecule has 0 aliphatic rings. The quantitative estimate of drug-likeness (QED) is 0.487. The molecule has 0 fully saturated rings. The molecule has 2 aromatic carbocycles. The van der Waals surface area contributed by atoms with E-state index >= 15 is 0 Å². The third-order valence-electron chi connectivity index (χ3n) is 4.27. The zero-order valence-corrected chi connectivity index (χ0v) is 16.1. The minimum Gasteiger partial charge on any atom is -0.490 e. The van der Waals surface area contributed by atoms with Crippen LogP contribution in [0.25, 0.3) is 22.4 Å². The van der Waals surface area contributed by atoms with E-state index in [1.54, 1.807) is 24.4 Å². The number of nitrogens with one attached hydrogen (secondary N) is 2. The van der Waals surface area contributed by atoms with Crippen LogP contribution < -0.4 is 14.8 Å². The predicted molar refractivity (Wildman–Crippen MR) is 108 cm³/mol. The average Bonchev–Trinajstić information content (AvgIpc) is 3.37. The highest BCUT2D eigenvalue weighted by molar-refractivity contribution is 6.12. The molecule has 0 radical (unpaired) electrons. The molecule has 0 bridgehead atoms. The third-order valence-corrected chi connectivity index (χ3v) is 4.27. The first-order chi connectivity index (χ1) is 14.2. The maximum atomic E-state index is 12.6. The number of aromatic amines is 1. The zero-order valence-electron chi connectivity index (χ0n) is 16.1. The van der Waals surface area contributed by atoms with Gasteiger partial charge in [-0.2, -0.15) is 0 Å². The van der Waals surface area contributed by atoms with Crippen LogP contribution in [0.3, 0.4) is 0 Å². The van der Waals surface area contributed by atoms with Crippen LogP contribution in [0.4, 0.5) is 6.01 Å². The molecule has 4 aromatic rings. The standard InChI is InChI=1S/C21H20N4O4/c1-3-27-17-10-9-13(11-18(17)28-4-2)20-24-25-21(29-20)23-19(26)15-12-22-16-8-6-5-7-14(15)16/h5-12,22H,3-4H2,1-2H3,(H,23,25,26). The van der Waals surface area contributed by atoms with Crippen molar-refractivity contribution < 1.29 is 18.7 Å². The normalized spacial score (nSPS) is 10.8. The zero-order chi connectivity index (χ0) is 20.2. The van der Waals surface area contributed by atoms with E-state index in [1.165, 1.54) is 0 Å². The van der Waals surface area contributed by atoms with Crippen molar-refractivity contribution in [3.63, 3.8) is 0 Å². The summed E-state index contributed by atoms with van der Waals surface area (Å²) in [5.41, 5.74) is 2.04. The Bertz CT molecular complexity index is 1150. The lowest BCUT2D eigenvalue weighted by Crippen LogP contribution is -2.11. The number of rotatable bonds is 7. The number of carbonyl (C=O) groups is 1. The molecule has 4 rings (SSSR count). The number of fused-ring (bicyclic) bond motifs is 1. The Hall–Kier alpha value is -3.81. The molecule has 0 spiro atoms. The van der Waals surface area contributed by atoms with Gasteiger partial charge in [-0.3, -0.25) is 10.1 Å². The van der Waals surface area contributed by atoms with E-state index in [4.69, 9.17) is 13.9 Å². The Kier molecular flexibility index (Phi) is 5.15. The fourth-order valence-corrected chi connectivity index (χ4v) is 3.00. The second-order valence-corrected chi connectivity index (χ2v) is 6.14. The Balaban J connectivity index is 1.55. The van der Waals surface area contributed by atoms with Crippen molar-refractivity contribution in [3.05, 3.63) is 54.2 Å². The van der Waals surface area contributed by atoms with Crippen LogP contribution in [0.15, 0.2) is 53.1 Å². The van der Waals surface area contributed by atoms with Gasteiger partial charge < -0.3 is 18.9 Å². The number of para-hydroxylation sites is 1. The summed E-state index contributed by atoms with van der Waals surface area (Å²) in [6.07, 6.45) is 1.65. The molecule has 0 aliphatic heterocycles. The van der Waals surface area contributed by atoms with Gasteiger partial charge in [-0.05, 0) is 38.1 Å². The molecule has 29 heavy (non-hydrogen) atoms. The van der Waals surface area contributed by atoms with Crippen molar-refractivity contribution >= 4 is 22.8 Å². The first-order valence-corrected chi connectivity index (χ1v) is 9.30. The van der Waals surface area contributed by atoms with E-state index < -0.39 is 0 Å². The SMILES string of the molecule is CCOc1ccc(-c2nnc(NC(=O)c3c[nH]c4ccccc34)o2)cc1OCC. The van der Waals surface area contributed by atoms with E-state index in [-0.39, 0.29) is 17.8 Å². The summed E-state index contributed by atoms with van der Waals surface area (Å²) in [6, 6.07) is 12.9. The molecule has 148 valence electrons. The summed E-state index contributed by atoms with van der Waals surface area (Å²) in [5, 5.41) is 11.4. The number of H-pyrrole nitrogens is 1. The monoisotopic (exact) mass is 392 g/mol. The summed E-state index contributed by atoms with van der Waals surface area (Å²) in [5.74, 6) is 1.17. The van der Waals surface area contributed by atoms with Gasteiger partial charge in [0.1, 0.15) is 0 Å². The molecule has 2 aromatic heterocycles. The molecule has 0 unspecified atom stereocenters. The van der Waals surface area contributed by atoms with Gasteiger partial charge in [0.15, 0.2) is 11.5 Å². The maximum absolute atomic E-state index is 12.6. The van der Waals surface area contributed by atoms with Crippen LogP contribution in [-0.2, 0) is 0 Å². The van der Waals surface area contributed by atoms with Gasteiger partial charge in [-0.15, -0.1) is 5.10 Å². The van der Waals surface area contributed by atoms with Crippen molar-refractivity contribution in [1.82, 2.24) is 15.2 Å². The van der Waals surface area contributed by atoms with Crippen LogP contribution in [0.2, 0.25) is 0 Å². The van der Waals surface area contributed by atoms with Gasteiger partial charge in [0.05, 0.1) is 18.8 Å². The lowest BCUT2D eigenvalue weighted by atomic mass is 10.2. The number of benzene rings is 2. The number of aromatic nitrogens is 3. The second-order valence-electron chi connectivity index (χ2n) is 6.14. The molecule has 0 aliphatic carbocycles. The van der Waals surface area contributed by atoms with Crippen LogP contribution in [-0.4, -0.2) is 34.3 Å². The number of hydrogen-bond donors (Lipinski definition) is 2. The lowest BCUT2D eigenvalue weighted by molar-refractivity contribution is 0.102. The van der Waals surface area contributed by atoms with E-state index in [9.17, 15) is 4.79 Å². The highest BCUT2D eigenvalue weighted by Gasteiger charge is 2.17. The molecular weight excluding hydrogens is 372 g/mol. The summed E-state index contributed by atoms with van der Waals surface area (Å²) in [6.45, 7) is 4.83. The summed E-state index contributed by atoms with van der Waals surface area (Å²) in [7, 11) is 0. The fourth-order valence-electron chi connectivity index (χ4n) is 3.00. The molecule has 8 nitrogen and oxygen atoms in total. The Morgan fingerprint density at radius 2 is 1.86 bits per heavy atom. The third kappa shape index (κ3) is 3.77. The van der Waals surface area contributed by atoms with Gasteiger partial charge in [0.2, 0.25) is 5.89 Å². The largest absolute Gasteiger partial charge is 0.490 e. The van der Waals surface area contributed by atoms with E-state index in [0.717, 1.165) is 10.9 Å². The molecule has 1 amide bonds. The molecule has 2 heterocycles. The van der Waals surface area contributed by atoms with Crippen molar-refractivity contribution in [2.24, 2.45) is 0 Å². The molecule has 0 saturated heterocycles. The number of carbonyl (C=O) groups excluding carboxylic acids is 1. The second kappa shape index (κ2) is 8.05. The van der Waals surface area contributed by atoms with Gasteiger partial charge in [0.25, 0.3) is 5.91 Å². The number of nitrogens with zero attached hydrogens (tertiary/aromatic N) is 2. The van der Waals surface area contributed by atoms with Crippen molar-refractivity contribution in [3.8, 4) is 23.0 Å². The molecular formula is C21H20N4O4. The Morgan fingerprint density at radius 3 is 2.69 bits per heavy atom. The highest BCUT2D eigenvalue weighted by Crippen LogP contribution is 2.33. The smallest absolute Gasteiger partial charge is 0.322 e. The molecule has 0 saturated carbocycles. The first kappa shape index (κ1) is 18.5. The maximum Gasteiger partial charge on any atom is 0.322 e. The Labute approximate surface area is 166 Å². The summed E-state index contributed by atoms with van der Waals surface area (Å²) < 4.78 is 16.8. The van der Waals surface area contributed by atoms with Gasteiger partial charge >= 0.3 is 6.01 Å². The van der Waals surface area contributed by atoms with Crippen molar-refractivity contribution in [2.45, 2.75) is 13.8 Å². The minimum atomic E-state index is -0.334. The number of amides is 1. The van der Waals surface area contributed by atoms with Gasteiger partial charge in [-0.25, -0.2) is 0 Å². The van der Waals surface area contributed by atoms with Crippen LogP contribution >= 0.6 is 0 Å². The molecule has 2 N–H and O–H groups in total. The van der Waals surface area contributed by atoms with Crippen molar-refractivity contribution in [2.75, 3.05) is 18.5 Å². The molecule has 0 atom stereocenters. The lowest BCUT2D eigenvalue weighted by Gasteiger charge is -2.11.